The molecule has 1 atom stereocenters. The summed E-state index contributed by atoms with van der Waals surface area (Å²) in [4.78, 5) is 22.8. The Morgan fingerprint density at radius 3 is 2.43 bits per heavy atom. The second kappa shape index (κ2) is 6.65. The summed E-state index contributed by atoms with van der Waals surface area (Å²) in [5.41, 5.74) is -0.646. The van der Waals surface area contributed by atoms with E-state index in [0.717, 1.165) is 12.1 Å². The number of benzene rings is 1. The van der Waals surface area contributed by atoms with E-state index in [9.17, 15) is 18.4 Å². The molecule has 0 aromatic heterocycles. The molecule has 2 N–H and O–H groups in total. The van der Waals surface area contributed by atoms with Crippen LogP contribution in [-0.2, 0) is 4.79 Å². The molecule has 0 saturated carbocycles. The number of hydrogen-bond donors (Lipinski definition) is 2. The predicted octanol–water partition coefficient (Wildman–Crippen LogP) is 2.97. The molecule has 6 heteroatoms. The molecule has 1 aromatic rings. The van der Waals surface area contributed by atoms with Crippen LogP contribution in [0.15, 0.2) is 18.2 Å². The lowest BCUT2D eigenvalue weighted by Crippen LogP contribution is -2.39. The van der Waals surface area contributed by atoms with Gasteiger partial charge >= 0.3 is 5.97 Å². The van der Waals surface area contributed by atoms with Crippen LogP contribution in [-0.4, -0.2) is 23.0 Å². The Hall–Kier alpha value is -1.98. The SMILES string of the molecule is CC(C)(C)CC(CC(=O)O)NC(=O)c1cccc(F)c1F. The first kappa shape index (κ1) is 17.1. The van der Waals surface area contributed by atoms with Crippen molar-refractivity contribution in [2.24, 2.45) is 5.41 Å². The molecule has 0 spiro atoms. The first-order chi connectivity index (χ1) is 9.60. The summed E-state index contributed by atoms with van der Waals surface area (Å²) in [5, 5.41) is 11.3. The fraction of sp³-hybridized carbons (Fsp3) is 0.467. The van der Waals surface area contributed by atoms with Gasteiger partial charge in [-0.25, -0.2) is 8.78 Å². The number of carboxylic acids is 1. The number of aliphatic carboxylic acids is 1. The molecule has 0 radical (unpaired) electrons. The van der Waals surface area contributed by atoms with E-state index in [1.165, 1.54) is 6.07 Å². The average Bonchev–Trinajstić information content (AvgIpc) is 2.29. The Labute approximate surface area is 122 Å². The number of carbonyl (C=O) groups is 2. The number of rotatable bonds is 5. The third-order valence-electron chi connectivity index (χ3n) is 2.81. The molecule has 0 heterocycles. The molecule has 0 fully saturated rings. The lowest BCUT2D eigenvalue weighted by molar-refractivity contribution is -0.137. The standard InChI is InChI=1S/C15H19F2NO3/c1-15(2,3)8-9(7-12(19)20)18-14(21)10-5-4-6-11(16)13(10)17/h4-6,9H,7-8H2,1-3H3,(H,18,21)(H,19,20). The van der Waals surface area contributed by atoms with Crippen molar-refractivity contribution in [3.8, 4) is 0 Å². The number of carboxylic acid groups (broad SMARTS) is 1. The van der Waals surface area contributed by atoms with Gasteiger partial charge in [0.1, 0.15) is 0 Å². The van der Waals surface area contributed by atoms with Gasteiger partial charge in [-0.1, -0.05) is 26.8 Å². The molecule has 21 heavy (non-hydrogen) atoms. The van der Waals surface area contributed by atoms with Crippen molar-refractivity contribution >= 4 is 11.9 Å². The predicted molar refractivity (Wildman–Crippen MR) is 73.9 cm³/mol. The van der Waals surface area contributed by atoms with Crippen LogP contribution >= 0.6 is 0 Å². The summed E-state index contributed by atoms with van der Waals surface area (Å²) < 4.78 is 26.7. The number of carbonyl (C=O) groups excluding carboxylic acids is 1. The van der Waals surface area contributed by atoms with Crippen molar-refractivity contribution < 1.29 is 23.5 Å². The first-order valence-electron chi connectivity index (χ1n) is 6.57. The zero-order valence-electron chi connectivity index (χ0n) is 12.2. The number of amides is 1. The third-order valence-corrected chi connectivity index (χ3v) is 2.81. The second-order valence-corrected chi connectivity index (χ2v) is 6.13. The maximum Gasteiger partial charge on any atom is 0.305 e. The normalized spacial score (nSPS) is 12.8. The van der Waals surface area contributed by atoms with E-state index in [1.54, 1.807) is 0 Å². The van der Waals surface area contributed by atoms with Crippen LogP contribution in [0.2, 0.25) is 0 Å². The molecule has 0 aliphatic carbocycles. The van der Waals surface area contributed by atoms with Crippen molar-refractivity contribution in [1.29, 1.82) is 0 Å². The number of hydrogen-bond acceptors (Lipinski definition) is 2. The Balaban J connectivity index is 2.89. The number of halogens is 2. The van der Waals surface area contributed by atoms with Gasteiger partial charge in [0.2, 0.25) is 0 Å². The van der Waals surface area contributed by atoms with Gasteiger partial charge in [0.05, 0.1) is 12.0 Å². The second-order valence-electron chi connectivity index (χ2n) is 6.13. The van der Waals surface area contributed by atoms with Gasteiger partial charge in [0.25, 0.3) is 5.91 Å². The minimum absolute atomic E-state index is 0.214. The summed E-state index contributed by atoms with van der Waals surface area (Å²) in [5.74, 6) is -4.24. The van der Waals surface area contributed by atoms with Gasteiger partial charge in [0, 0.05) is 6.04 Å². The fourth-order valence-corrected chi connectivity index (χ4v) is 2.07. The van der Waals surface area contributed by atoms with Crippen molar-refractivity contribution in [1.82, 2.24) is 5.32 Å². The van der Waals surface area contributed by atoms with Crippen molar-refractivity contribution in [3.05, 3.63) is 35.4 Å². The molecule has 4 nitrogen and oxygen atoms in total. The van der Waals surface area contributed by atoms with Gasteiger partial charge in [-0.05, 0) is 24.0 Å². The maximum atomic E-state index is 13.6. The molecular formula is C15H19F2NO3. The Morgan fingerprint density at radius 1 is 1.29 bits per heavy atom. The Kier molecular flexibility index (Phi) is 5.41. The molecule has 0 saturated heterocycles. The molecule has 1 amide bonds. The van der Waals surface area contributed by atoms with Crippen LogP contribution in [0.4, 0.5) is 8.78 Å². The highest BCUT2D eigenvalue weighted by atomic mass is 19.2. The van der Waals surface area contributed by atoms with E-state index < -0.39 is 35.1 Å². The monoisotopic (exact) mass is 299 g/mol. The molecule has 1 unspecified atom stereocenters. The first-order valence-corrected chi connectivity index (χ1v) is 6.57. The highest BCUT2D eigenvalue weighted by Gasteiger charge is 2.24. The molecule has 1 aromatic carbocycles. The lowest BCUT2D eigenvalue weighted by Gasteiger charge is -2.25. The van der Waals surface area contributed by atoms with Gasteiger partial charge in [-0.3, -0.25) is 9.59 Å². The third kappa shape index (κ3) is 5.49. The summed E-state index contributed by atoms with van der Waals surface area (Å²) >= 11 is 0. The minimum atomic E-state index is -1.24. The molecule has 0 aliphatic heterocycles. The quantitative estimate of drug-likeness (QED) is 0.878. The lowest BCUT2D eigenvalue weighted by atomic mass is 9.87. The van der Waals surface area contributed by atoms with Gasteiger partial charge < -0.3 is 10.4 Å². The Bertz CT molecular complexity index is 538. The molecule has 0 aliphatic rings. The van der Waals surface area contributed by atoms with E-state index in [4.69, 9.17) is 5.11 Å². The van der Waals surface area contributed by atoms with Crippen LogP contribution < -0.4 is 5.32 Å². The smallest absolute Gasteiger partial charge is 0.305 e. The topological polar surface area (TPSA) is 66.4 Å². The molecule has 116 valence electrons. The fourth-order valence-electron chi connectivity index (χ4n) is 2.07. The maximum absolute atomic E-state index is 13.6. The summed E-state index contributed by atoms with van der Waals surface area (Å²) in [7, 11) is 0. The molecule has 1 rings (SSSR count). The Morgan fingerprint density at radius 2 is 1.90 bits per heavy atom. The van der Waals surface area contributed by atoms with Crippen LogP contribution in [0, 0.1) is 17.0 Å². The van der Waals surface area contributed by atoms with E-state index in [2.05, 4.69) is 5.32 Å². The van der Waals surface area contributed by atoms with Crippen molar-refractivity contribution in [2.45, 2.75) is 39.7 Å². The average molecular weight is 299 g/mol. The van der Waals surface area contributed by atoms with Gasteiger partial charge in [-0.2, -0.15) is 0 Å². The highest BCUT2D eigenvalue weighted by Crippen LogP contribution is 2.22. The van der Waals surface area contributed by atoms with Crippen LogP contribution in [0.3, 0.4) is 0 Å². The van der Waals surface area contributed by atoms with Gasteiger partial charge in [-0.15, -0.1) is 0 Å². The summed E-state index contributed by atoms with van der Waals surface area (Å²) in [6.45, 7) is 5.70. The van der Waals surface area contributed by atoms with Gasteiger partial charge in [0.15, 0.2) is 11.6 Å². The largest absolute Gasteiger partial charge is 0.481 e. The molecular weight excluding hydrogens is 280 g/mol. The van der Waals surface area contributed by atoms with E-state index in [0.29, 0.717) is 6.42 Å². The van der Waals surface area contributed by atoms with E-state index in [-0.39, 0.29) is 11.8 Å². The van der Waals surface area contributed by atoms with Crippen LogP contribution in [0.1, 0.15) is 44.0 Å². The van der Waals surface area contributed by atoms with E-state index in [1.807, 2.05) is 20.8 Å². The minimum Gasteiger partial charge on any atom is -0.481 e. The van der Waals surface area contributed by atoms with E-state index >= 15 is 0 Å². The van der Waals surface area contributed by atoms with Crippen LogP contribution in [0.5, 0.6) is 0 Å². The van der Waals surface area contributed by atoms with Crippen LogP contribution in [0.25, 0.3) is 0 Å². The zero-order valence-corrected chi connectivity index (χ0v) is 12.2. The summed E-state index contributed by atoms with van der Waals surface area (Å²) in [6, 6.07) is 2.64. The summed E-state index contributed by atoms with van der Waals surface area (Å²) in [6.07, 6.45) is 0.127. The van der Waals surface area contributed by atoms with Crippen molar-refractivity contribution in [3.63, 3.8) is 0 Å². The van der Waals surface area contributed by atoms with Crippen molar-refractivity contribution in [2.75, 3.05) is 0 Å². The zero-order chi connectivity index (χ0) is 16.2. The number of nitrogens with one attached hydrogen (secondary N) is 1. The highest BCUT2D eigenvalue weighted by molar-refractivity contribution is 5.94. The molecule has 0 bridgehead atoms.